The number of hydrogen-bond donors (Lipinski definition) is 0. The average molecular weight is 1580 g/mol. The molecule has 8 nitrogen and oxygen atoms in total. The molecule has 0 fully saturated rings. The van der Waals surface area contributed by atoms with E-state index in [0.29, 0.717) is 11.6 Å². The minimum absolute atomic E-state index is 0.697. The third-order valence-corrected chi connectivity index (χ3v) is 24.3. The zero-order valence-corrected chi connectivity index (χ0v) is 67.5. The van der Waals surface area contributed by atoms with E-state index >= 15 is 0 Å². The molecular formula is C116H76N8. The van der Waals surface area contributed by atoms with Gasteiger partial charge in [-0.1, -0.05) is 334 Å². The van der Waals surface area contributed by atoms with Crippen LogP contribution in [0.5, 0.6) is 0 Å². The van der Waals surface area contributed by atoms with E-state index in [4.69, 9.17) is 19.9 Å². The number of fused-ring (bicyclic) bond motifs is 12. The summed E-state index contributed by atoms with van der Waals surface area (Å²) in [5.74, 6) is 1.40. The molecule has 124 heavy (non-hydrogen) atoms. The van der Waals surface area contributed by atoms with Crippen LogP contribution in [0.1, 0.15) is 0 Å². The molecule has 24 rings (SSSR count). The first kappa shape index (κ1) is 72.5. The fourth-order valence-corrected chi connectivity index (χ4v) is 18.6. The Morgan fingerprint density at radius 2 is 0.419 bits per heavy atom. The SMILES string of the molecule is c1ccc(-c2cc(-c3cccc(-c4cccc5c4c4ccccc4n5-c4cccc(-c5cccc6c5c5ccccc5n6-c5ccccc5)c4)c3)nc(-c3ccccc3)n2)cc1.c1ccc(-c2cc(-c3ccccc3)nc(-c3cccc(-c4cccc5c4c4ccccc4n5-c4ccc(-c5ccc6c(c5)c5ccccc5n6-c5ccccc5)cc4)c3)n2)cc1. The average Bonchev–Trinajstić information content (AvgIpc) is 1.61. The summed E-state index contributed by atoms with van der Waals surface area (Å²) in [6.45, 7) is 0. The maximum atomic E-state index is 5.16. The minimum Gasteiger partial charge on any atom is -0.309 e. The molecule has 18 aromatic carbocycles. The van der Waals surface area contributed by atoms with Crippen molar-refractivity contribution >= 4 is 87.2 Å². The van der Waals surface area contributed by atoms with Crippen LogP contribution in [-0.2, 0) is 0 Å². The first-order valence-electron chi connectivity index (χ1n) is 42.2. The summed E-state index contributed by atoms with van der Waals surface area (Å²) in [4.78, 5) is 20.5. The molecule has 0 aliphatic carbocycles. The van der Waals surface area contributed by atoms with Crippen molar-refractivity contribution in [3.8, 4) is 135 Å². The van der Waals surface area contributed by atoms with Crippen LogP contribution >= 0.6 is 0 Å². The molecule has 0 atom stereocenters. The van der Waals surface area contributed by atoms with Gasteiger partial charge in [0.25, 0.3) is 0 Å². The Hall–Kier alpha value is -16.7. The molecule has 0 aliphatic rings. The summed E-state index contributed by atoms with van der Waals surface area (Å²) in [6.07, 6.45) is 0. The number of hydrogen-bond acceptors (Lipinski definition) is 4. The minimum atomic E-state index is 0.697. The first-order valence-corrected chi connectivity index (χ1v) is 42.2. The molecule has 0 radical (unpaired) electrons. The molecule has 0 saturated carbocycles. The van der Waals surface area contributed by atoms with E-state index < -0.39 is 0 Å². The third-order valence-electron chi connectivity index (χ3n) is 24.3. The molecule has 6 aromatic heterocycles. The van der Waals surface area contributed by atoms with Crippen molar-refractivity contribution in [2.45, 2.75) is 0 Å². The Labute approximate surface area is 716 Å². The smallest absolute Gasteiger partial charge is 0.160 e. The van der Waals surface area contributed by atoms with Crippen LogP contribution in [0, 0.1) is 0 Å². The zero-order chi connectivity index (χ0) is 82.0. The van der Waals surface area contributed by atoms with Gasteiger partial charge in [-0.05, 0) is 172 Å². The van der Waals surface area contributed by atoms with Crippen molar-refractivity contribution in [1.82, 2.24) is 38.2 Å². The number of aromatic nitrogens is 8. The predicted molar refractivity (Wildman–Crippen MR) is 516 cm³/mol. The number of benzene rings is 18. The first-order chi connectivity index (χ1) is 61.5. The molecular weight excluding hydrogens is 1510 g/mol. The maximum absolute atomic E-state index is 5.16. The maximum Gasteiger partial charge on any atom is 0.160 e. The molecule has 6 heterocycles. The van der Waals surface area contributed by atoms with Crippen LogP contribution in [0.4, 0.5) is 0 Å². The van der Waals surface area contributed by atoms with Gasteiger partial charge in [0.2, 0.25) is 0 Å². The molecule has 0 bridgehead atoms. The number of para-hydroxylation sites is 6. The van der Waals surface area contributed by atoms with Gasteiger partial charge in [0, 0.05) is 99.2 Å². The summed E-state index contributed by atoms with van der Waals surface area (Å²) in [7, 11) is 0. The molecule has 0 unspecified atom stereocenters. The monoisotopic (exact) mass is 1580 g/mol. The highest BCUT2D eigenvalue weighted by Gasteiger charge is 2.24. The molecule has 580 valence electrons. The van der Waals surface area contributed by atoms with Gasteiger partial charge in [-0.25, -0.2) is 19.9 Å². The lowest BCUT2D eigenvalue weighted by atomic mass is 9.96. The highest BCUT2D eigenvalue weighted by molar-refractivity contribution is 6.19. The van der Waals surface area contributed by atoms with Gasteiger partial charge >= 0.3 is 0 Å². The van der Waals surface area contributed by atoms with Crippen molar-refractivity contribution in [2.24, 2.45) is 0 Å². The second-order valence-corrected chi connectivity index (χ2v) is 31.6. The summed E-state index contributed by atoms with van der Waals surface area (Å²) in [6, 6.07) is 164. The quantitative estimate of drug-likeness (QED) is 0.109. The van der Waals surface area contributed by atoms with Gasteiger partial charge in [-0.15, -0.1) is 0 Å². The molecule has 0 N–H and O–H groups in total. The topological polar surface area (TPSA) is 71.3 Å². The Balaban J connectivity index is 0.000000143. The molecule has 8 heteroatoms. The lowest BCUT2D eigenvalue weighted by molar-refractivity contribution is 1.18. The van der Waals surface area contributed by atoms with E-state index in [1.807, 2.05) is 36.4 Å². The molecule has 0 amide bonds. The van der Waals surface area contributed by atoms with Gasteiger partial charge in [-0.3, -0.25) is 0 Å². The number of nitrogens with zero attached hydrogens (tertiary/aromatic N) is 8. The van der Waals surface area contributed by atoms with E-state index in [0.717, 1.165) is 107 Å². The summed E-state index contributed by atoms with van der Waals surface area (Å²) >= 11 is 0. The zero-order valence-electron chi connectivity index (χ0n) is 67.5. The Morgan fingerprint density at radius 1 is 0.137 bits per heavy atom. The van der Waals surface area contributed by atoms with Crippen LogP contribution in [0.25, 0.3) is 222 Å². The molecule has 0 spiro atoms. The van der Waals surface area contributed by atoms with Crippen LogP contribution in [0.2, 0.25) is 0 Å². The molecule has 24 aromatic rings. The van der Waals surface area contributed by atoms with Crippen LogP contribution in [0.3, 0.4) is 0 Å². The van der Waals surface area contributed by atoms with Crippen molar-refractivity contribution in [3.63, 3.8) is 0 Å². The Morgan fingerprint density at radius 3 is 0.879 bits per heavy atom. The fourth-order valence-electron chi connectivity index (χ4n) is 18.6. The predicted octanol–water partition coefficient (Wildman–Crippen LogP) is 30.0. The highest BCUT2D eigenvalue weighted by atomic mass is 15.0. The lowest BCUT2D eigenvalue weighted by Gasteiger charge is -2.13. The van der Waals surface area contributed by atoms with E-state index in [1.165, 1.54) is 104 Å². The Kier molecular flexibility index (Phi) is 18.1. The van der Waals surface area contributed by atoms with E-state index in [2.05, 4.69) is 443 Å². The van der Waals surface area contributed by atoms with Crippen molar-refractivity contribution < 1.29 is 0 Å². The summed E-state index contributed by atoms with van der Waals surface area (Å²) in [5, 5.41) is 9.85. The van der Waals surface area contributed by atoms with Gasteiger partial charge in [0.05, 0.1) is 66.9 Å². The van der Waals surface area contributed by atoms with E-state index in [9.17, 15) is 0 Å². The summed E-state index contributed by atoms with van der Waals surface area (Å²) < 4.78 is 9.58. The van der Waals surface area contributed by atoms with Gasteiger partial charge < -0.3 is 18.3 Å². The van der Waals surface area contributed by atoms with Crippen LogP contribution in [0.15, 0.2) is 461 Å². The number of rotatable bonds is 14. The van der Waals surface area contributed by atoms with Crippen LogP contribution in [-0.4, -0.2) is 38.2 Å². The van der Waals surface area contributed by atoms with E-state index in [1.54, 1.807) is 0 Å². The van der Waals surface area contributed by atoms with Gasteiger partial charge in [-0.2, -0.15) is 0 Å². The largest absolute Gasteiger partial charge is 0.309 e. The highest BCUT2D eigenvalue weighted by Crippen LogP contribution is 2.46. The fraction of sp³-hybridized carbons (Fsp3) is 0. The third kappa shape index (κ3) is 12.9. The van der Waals surface area contributed by atoms with E-state index in [-0.39, 0.29) is 0 Å². The normalized spacial score (nSPS) is 11.5. The second-order valence-electron chi connectivity index (χ2n) is 31.6. The van der Waals surface area contributed by atoms with Crippen molar-refractivity contribution in [1.29, 1.82) is 0 Å². The second kappa shape index (κ2) is 30.9. The molecule has 0 saturated heterocycles. The standard InChI is InChI=1S/2C58H38N4/c1-4-18-39(19-5-1)50-38-51(60-58(59-50)40-20-6-2-7-21-40)43-24-14-22-41(36-43)46-30-16-35-55-56(46)49-29-11-13-33-53(49)62(55)45-27-15-23-42(37-45)47-31-17-34-54-57(47)48-28-10-12-32-52(48)61(54)44-25-8-3-9-26-44;1-4-16-40(17-5-1)51-38-52(41-18-6-2-7-19-41)60-58(59-51)44-21-14-20-43(36-44)47-26-15-29-56-57(47)49-25-11-13-28-54(49)62(56)46-33-30-39(31-34-46)42-32-35-55-50(37-42)48-24-10-12-27-53(48)61(55)45-22-8-3-9-23-45/h2*1-38H. The van der Waals surface area contributed by atoms with Crippen LogP contribution < -0.4 is 0 Å². The summed E-state index contributed by atoms with van der Waals surface area (Å²) in [5.41, 5.74) is 33.1. The Bertz CT molecular complexity index is 8080. The lowest BCUT2D eigenvalue weighted by Crippen LogP contribution is -1.96. The van der Waals surface area contributed by atoms with Crippen molar-refractivity contribution in [2.75, 3.05) is 0 Å². The van der Waals surface area contributed by atoms with Crippen molar-refractivity contribution in [3.05, 3.63) is 461 Å². The van der Waals surface area contributed by atoms with Gasteiger partial charge in [0.1, 0.15) is 0 Å². The van der Waals surface area contributed by atoms with Gasteiger partial charge in [0.15, 0.2) is 11.6 Å². The molecule has 0 aliphatic heterocycles.